The van der Waals surface area contributed by atoms with E-state index < -0.39 is 0 Å². The maximum absolute atomic E-state index is 12.4. The van der Waals surface area contributed by atoms with Gasteiger partial charge in [0, 0.05) is 32.2 Å². The lowest BCUT2D eigenvalue weighted by atomic mass is 9.80. The number of carbonyl (C=O) groups is 2. The molecule has 2 aliphatic rings. The fraction of sp³-hybridized carbons (Fsp3) is 0.875. The van der Waals surface area contributed by atoms with Crippen molar-refractivity contribution < 1.29 is 14.3 Å². The maximum Gasteiger partial charge on any atom is 0.409 e. The van der Waals surface area contributed by atoms with E-state index in [1.165, 1.54) is 12.8 Å². The van der Waals surface area contributed by atoms with E-state index in [4.69, 9.17) is 4.74 Å². The third-order valence-corrected chi connectivity index (χ3v) is 4.83. The van der Waals surface area contributed by atoms with E-state index in [1.807, 2.05) is 0 Å². The van der Waals surface area contributed by atoms with Crippen molar-refractivity contribution in [1.82, 2.24) is 15.1 Å². The molecule has 6 nitrogen and oxygen atoms in total. The molecule has 0 spiro atoms. The van der Waals surface area contributed by atoms with Crippen molar-refractivity contribution in [2.45, 2.75) is 46.1 Å². The van der Waals surface area contributed by atoms with Gasteiger partial charge in [0.25, 0.3) is 0 Å². The van der Waals surface area contributed by atoms with Gasteiger partial charge in [-0.05, 0) is 38.0 Å². The molecule has 1 aliphatic heterocycles. The summed E-state index contributed by atoms with van der Waals surface area (Å²) in [6.45, 7) is 8.92. The molecule has 1 N–H and O–H groups in total. The van der Waals surface area contributed by atoms with E-state index >= 15 is 0 Å². The highest BCUT2D eigenvalue weighted by atomic mass is 16.6. The second-order valence-corrected chi connectivity index (χ2v) is 6.62. The molecule has 2 fully saturated rings. The largest absolute Gasteiger partial charge is 0.450 e. The molecule has 0 bridgehead atoms. The summed E-state index contributed by atoms with van der Waals surface area (Å²) in [6.07, 6.45) is 3.15. The van der Waals surface area contributed by atoms with E-state index in [9.17, 15) is 9.59 Å². The van der Waals surface area contributed by atoms with Crippen LogP contribution in [0.4, 0.5) is 9.59 Å². The molecule has 3 atom stereocenters. The topological polar surface area (TPSA) is 61.9 Å². The van der Waals surface area contributed by atoms with Crippen molar-refractivity contribution in [2.75, 3.05) is 32.8 Å². The molecule has 1 saturated heterocycles. The molecule has 22 heavy (non-hydrogen) atoms. The molecule has 0 aromatic heterocycles. The number of ether oxygens (including phenoxy) is 1. The summed E-state index contributed by atoms with van der Waals surface area (Å²) in [5, 5.41) is 3.18. The van der Waals surface area contributed by atoms with Crippen molar-refractivity contribution >= 4 is 12.1 Å². The first-order chi connectivity index (χ1) is 10.5. The Morgan fingerprint density at radius 2 is 1.73 bits per heavy atom. The van der Waals surface area contributed by atoms with Gasteiger partial charge in [-0.3, -0.25) is 0 Å². The van der Waals surface area contributed by atoms with E-state index in [0.717, 1.165) is 12.3 Å². The van der Waals surface area contributed by atoms with Crippen LogP contribution in [0.25, 0.3) is 0 Å². The van der Waals surface area contributed by atoms with E-state index in [-0.39, 0.29) is 18.2 Å². The molecule has 126 valence electrons. The standard InChI is InChI=1S/C16H29N3O3/c1-4-22-16(21)19-9-7-18(8-10-19)15(20)17-14-6-5-12(2)11-13(14)3/h12-14H,4-11H2,1-3H3,(H,17,20). The summed E-state index contributed by atoms with van der Waals surface area (Å²) in [7, 11) is 0. The monoisotopic (exact) mass is 311 g/mol. The normalized spacial score (nSPS) is 29.1. The van der Waals surface area contributed by atoms with Gasteiger partial charge in [0.05, 0.1) is 6.61 Å². The molecule has 1 aliphatic carbocycles. The summed E-state index contributed by atoms with van der Waals surface area (Å²) in [5.41, 5.74) is 0. The first-order valence-electron chi connectivity index (χ1n) is 8.48. The van der Waals surface area contributed by atoms with Crippen LogP contribution in [-0.4, -0.2) is 60.8 Å². The number of piperazine rings is 1. The van der Waals surface area contributed by atoms with Gasteiger partial charge in [-0.25, -0.2) is 9.59 Å². The lowest BCUT2D eigenvalue weighted by molar-refractivity contribution is 0.0838. The average molecular weight is 311 g/mol. The van der Waals surface area contributed by atoms with Gasteiger partial charge in [0.1, 0.15) is 0 Å². The maximum atomic E-state index is 12.4. The van der Waals surface area contributed by atoms with Crippen molar-refractivity contribution in [3.63, 3.8) is 0 Å². The molecule has 3 amide bonds. The highest BCUT2D eigenvalue weighted by molar-refractivity contribution is 5.75. The SMILES string of the molecule is CCOC(=O)N1CCN(C(=O)NC2CCC(C)CC2C)CC1. The quantitative estimate of drug-likeness (QED) is 0.851. The van der Waals surface area contributed by atoms with Crippen LogP contribution in [0.15, 0.2) is 0 Å². The molecule has 0 aromatic rings. The van der Waals surface area contributed by atoms with Crippen LogP contribution < -0.4 is 5.32 Å². The minimum Gasteiger partial charge on any atom is -0.450 e. The Balaban J connectivity index is 1.76. The third kappa shape index (κ3) is 4.27. The smallest absolute Gasteiger partial charge is 0.409 e. The minimum atomic E-state index is -0.280. The first-order valence-corrected chi connectivity index (χ1v) is 8.48. The number of rotatable bonds is 2. The van der Waals surface area contributed by atoms with Gasteiger partial charge in [0.2, 0.25) is 0 Å². The summed E-state index contributed by atoms with van der Waals surface area (Å²) < 4.78 is 4.99. The number of nitrogens with one attached hydrogen (secondary N) is 1. The zero-order valence-corrected chi connectivity index (χ0v) is 14.0. The van der Waals surface area contributed by atoms with Crippen molar-refractivity contribution in [3.8, 4) is 0 Å². The van der Waals surface area contributed by atoms with Crippen LogP contribution in [0.1, 0.15) is 40.0 Å². The molecule has 1 saturated carbocycles. The number of hydrogen-bond acceptors (Lipinski definition) is 3. The number of urea groups is 1. The lowest BCUT2D eigenvalue weighted by Crippen LogP contribution is -2.55. The number of carbonyl (C=O) groups excluding carboxylic acids is 2. The van der Waals surface area contributed by atoms with Gasteiger partial charge in [-0.15, -0.1) is 0 Å². The molecule has 0 aromatic carbocycles. The van der Waals surface area contributed by atoms with Crippen LogP contribution in [-0.2, 0) is 4.74 Å². The summed E-state index contributed by atoms with van der Waals surface area (Å²) in [6, 6.07) is 0.293. The minimum absolute atomic E-state index is 0.00918. The van der Waals surface area contributed by atoms with Crippen LogP contribution >= 0.6 is 0 Å². The number of hydrogen-bond donors (Lipinski definition) is 1. The number of nitrogens with zero attached hydrogens (tertiary/aromatic N) is 2. The zero-order chi connectivity index (χ0) is 16.1. The highest BCUT2D eigenvalue weighted by Gasteiger charge is 2.30. The second-order valence-electron chi connectivity index (χ2n) is 6.62. The Hall–Kier alpha value is -1.46. The molecular formula is C16H29N3O3. The van der Waals surface area contributed by atoms with Gasteiger partial charge >= 0.3 is 12.1 Å². The van der Waals surface area contributed by atoms with E-state index in [2.05, 4.69) is 19.2 Å². The predicted octanol–water partition coefficient (Wildman–Crippen LogP) is 2.29. The van der Waals surface area contributed by atoms with Gasteiger partial charge in [0.15, 0.2) is 0 Å². The van der Waals surface area contributed by atoms with Crippen LogP contribution in [0.2, 0.25) is 0 Å². The van der Waals surface area contributed by atoms with Crippen molar-refractivity contribution in [1.29, 1.82) is 0 Å². The zero-order valence-electron chi connectivity index (χ0n) is 14.0. The molecule has 1 heterocycles. The lowest BCUT2D eigenvalue weighted by Gasteiger charge is -2.37. The van der Waals surface area contributed by atoms with Crippen LogP contribution in [0, 0.1) is 11.8 Å². The Morgan fingerprint density at radius 3 is 2.32 bits per heavy atom. The predicted molar refractivity (Wildman–Crippen MR) is 84.7 cm³/mol. The molecule has 2 rings (SSSR count). The highest BCUT2D eigenvalue weighted by Crippen LogP contribution is 2.28. The fourth-order valence-corrected chi connectivity index (χ4v) is 3.44. The van der Waals surface area contributed by atoms with Gasteiger partial charge < -0.3 is 19.9 Å². The Labute approximate surface area is 133 Å². The van der Waals surface area contributed by atoms with Gasteiger partial charge in [-0.2, -0.15) is 0 Å². The number of amides is 3. The summed E-state index contributed by atoms with van der Waals surface area (Å²) in [4.78, 5) is 27.5. The fourth-order valence-electron chi connectivity index (χ4n) is 3.44. The Kier molecular flexibility index (Phi) is 5.91. The average Bonchev–Trinajstić information content (AvgIpc) is 2.50. The van der Waals surface area contributed by atoms with E-state index in [0.29, 0.717) is 38.7 Å². The van der Waals surface area contributed by atoms with Crippen LogP contribution in [0.5, 0.6) is 0 Å². The second kappa shape index (κ2) is 7.70. The molecule has 0 radical (unpaired) electrons. The summed E-state index contributed by atoms with van der Waals surface area (Å²) >= 11 is 0. The Bertz CT molecular complexity index is 394. The van der Waals surface area contributed by atoms with Crippen molar-refractivity contribution in [2.24, 2.45) is 11.8 Å². The van der Waals surface area contributed by atoms with Crippen molar-refractivity contribution in [3.05, 3.63) is 0 Å². The molecular weight excluding hydrogens is 282 g/mol. The first kappa shape index (κ1) is 16.9. The van der Waals surface area contributed by atoms with E-state index in [1.54, 1.807) is 16.7 Å². The Morgan fingerprint density at radius 1 is 1.09 bits per heavy atom. The van der Waals surface area contributed by atoms with Gasteiger partial charge in [-0.1, -0.05) is 13.8 Å². The molecule has 3 unspecified atom stereocenters. The van der Waals surface area contributed by atoms with Crippen LogP contribution in [0.3, 0.4) is 0 Å². The molecule has 6 heteroatoms. The third-order valence-electron chi connectivity index (χ3n) is 4.83. The summed E-state index contributed by atoms with van der Waals surface area (Å²) in [5.74, 6) is 1.30.